The summed E-state index contributed by atoms with van der Waals surface area (Å²) in [4.78, 5) is -0.420. The smallest absolute Gasteiger partial charge is 0.263 e. The number of primary sulfonamides is 1. The van der Waals surface area contributed by atoms with E-state index in [1.54, 1.807) is 0 Å². The van der Waals surface area contributed by atoms with Gasteiger partial charge >= 0.3 is 0 Å². The van der Waals surface area contributed by atoms with Crippen molar-refractivity contribution in [2.75, 3.05) is 4.72 Å². The molecule has 0 radical (unpaired) electrons. The summed E-state index contributed by atoms with van der Waals surface area (Å²) in [6, 6.07) is 8.63. The Labute approximate surface area is 138 Å². The number of rotatable bonds is 5. The molecule has 2 aromatic rings. The summed E-state index contributed by atoms with van der Waals surface area (Å²) in [5.41, 5.74) is 0.407. The Morgan fingerprint density at radius 1 is 1.09 bits per heavy atom. The molecule has 6 nitrogen and oxygen atoms in total. The number of halogens is 2. The number of hydrogen-bond donors (Lipinski definition) is 2. The summed E-state index contributed by atoms with van der Waals surface area (Å²) in [7, 11) is -7.88. The molecule has 0 saturated carbocycles. The first kappa shape index (κ1) is 17.7. The third kappa shape index (κ3) is 4.90. The Kier molecular flexibility index (Phi) is 4.95. The van der Waals surface area contributed by atoms with Gasteiger partial charge in [0.1, 0.15) is 10.7 Å². The molecule has 0 aromatic heterocycles. The topological polar surface area (TPSA) is 106 Å². The molecule has 0 spiro atoms. The van der Waals surface area contributed by atoms with E-state index >= 15 is 0 Å². The van der Waals surface area contributed by atoms with Crippen molar-refractivity contribution in [2.45, 2.75) is 10.6 Å². The summed E-state index contributed by atoms with van der Waals surface area (Å²) < 4.78 is 62.1. The second-order valence-electron chi connectivity index (χ2n) is 4.69. The Morgan fingerprint density at radius 3 is 2.43 bits per heavy atom. The Hall–Kier alpha value is -1.68. The number of sulfonamides is 2. The van der Waals surface area contributed by atoms with E-state index in [9.17, 15) is 21.2 Å². The second kappa shape index (κ2) is 6.44. The van der Waals surface area contributed by atoms with E-state index in [1.807, 2.05) is 0 Å². The van der Waals surface area contributed by atoms with Gasteiger partial charge in [0.25, 0.3) is 10.0 Å². The first-order valence-corrected chi connectivity index (χ1v) is 9.72. The summed E-state index contributed by atoms with van der Waals surface area (Å²) >= 11 is 5.78. The van der Waals surface area contributed by atoms with Gasteiger partial charge in [-0.25, -0.2) is 26.4 Å². The predicted octanol–water partition coefficient (Wildman–Crippen LogP) is 2.07. The van der Waals surface area contributed by atoms with E-state index in [1.165, 1.54) is 24.3 Å². The third-order valence-corrected chi connectivity index (χ3v) is 5.33. The van der Waals surface area contributed by atoms with E-state index in [0.717, 1.165) is 18.2 Å². The monoisotopic (exact) mass is 378 g/mol. The molecule has 0 atom stereocenters. The van der Waals surface area contributed by atoms with Crippen LogP contribution in [0.4, 0.5) is 10.1 Å². The van der Waals surface area contributed by atoms with Crippen molar-refractivity contribution in [2.24, 2.45) is 5.14 Å². The van der Waals surface area contributed by atoms with Crippen LogP contribution in [0.25, 0.3) is 0 Å². The first-order valence-electron chi connectivity index (χ1n) is 6.14. The maximum Gasteiger partial charge on any atom is 0.263 e. The maximum absolute atomic E-state index is 13.2. The van der Waals surface area contributed by atoms with Crippen molar-refractivity contribution in [1.82, 2.24) is 0 Å². The molecule has 23 heavy (non-hydrogen) atoms. The number of nitrogens with two attached hydrogens (primary N) is 1. The number of anilines is 1. The van der Waals surface area contributed by atoms with Gasteiger partial charge in [-0.05, 0) is 35.9 Å². The summed E-state index contributed by atoms with van der Waals surface area (Å²) in [6.45, 7) is 0. The maximum atomic E-state index is 13.2. The van der Waals surface area contributed by atoms with Crippen LogP contribution in [0.15, 0.2) is 47.4 Å². The van der Waals surface area contributed by atoms with Gasteiger partial charge in [-0.1, -0.05) is 23.7 Å². The fraction of sp³-hybridized carbons (Fsp3) is 0.0769. The van der Waals surface area contributed by atoms with Gasteiger partial charge in [0.15, 0.2) is 0 Å². The summed E-state index contributed by atoms with van der Waals surface area (Å²) in [5.74, 6) is -1.19. The lowest BCUT2D eigenvalue weighted by Gasteiger charge is -2.10. The molecule has 0 aliphatic carbocycles. The SMILES string of the molecule is NS(=O)(=O)Cc1cccc(NS(=O)(=O)c2cc(F)ccc2Cl)c1. The van der Waals surface area contributed by atoms with Crippen LogP contribution in [-0.4, -0.2) is 16.8 Å². The highest BCUT2D eigenvalue weighted by Crippen LogP contribution is 2.25. The van der Waals surface area contributed by atoms with Gasteiger partial charge in [-0.3, -0.25) is 4.72 Å². The van der Waals surface area contributed by atoms with Crippen LogP contribution in [0.5, 0.6) is 0 Å². The molecule has 0 amide bonds. The van der Waals surface area contributed by atoms with E-state index in [2.05, 4.69) is 4.72 Å². The molecular formula is C13H12ClFN2O4S2. The number of hydrogen-bond acceptors (Lipinski definition) is 4. The van der Waals surface area contributed by atoms with Gasteiger partial charge < -0.3 is 0 Å². The zero-order chi connectivity index (χ0) is 17.3. The Bertz CT molecular complexity index is 946. The molecule has 0 fully saturated rings. The van der Waals surface area contributed by atoms with Crippen molar-refractivity contribution in [3.05, 3.63) is 58.9 Å². The molecule has 2 rings (SSSR count). The Balaban J connectivity index is 2.34. The molecule has 2 aromatic carbocycles. The van der Waals surface area contributed by atoms with Gasteiger partial charge in [0.05, 0.1) is 10.8 Å². The largest absolute Gasteiger partial charge is 0.280 e. The van der Waals surface area contributed by atoms with Crippen LogP contribution >= 0.6 is 11.6 Å². The van der Waals surface area contributed by atoms with E-state index < -0.39 is 36.5 Å². The van der Waals surface area contributed by atoms with E-state index in [-0.39, 0.29) is 10.7 Å². The molecule has 0 aliphatic heterocycles. The van der Waals surface area contributed by atoms with Crippen LogP contribution in [-0.2, 0) is 25.8 Å². The first-order chi connectivity index (χ1) is 10.6. The lowest BCUT2D eigenvalue weighted by Crippen LogP contribution is -2.16. The molecule has 3 N–H and O–H groups in total. The Morgan fingerprint density at radius 2 is 1.78 bits per heavy atom. The molecule has 0 aliphatic rings. The molecule has 0 saturated heterocycles. The van der Waals surface area contributed by atoms with Crippen molar-refractivity contribution in [3.8, 4) is 0 Å². The zero-order valence-electron chi connectivity index (χ0n) is 11.5. The second-order valence-corrected chi connectivity index (χ2v) is 8.36. The van der Waals surface area contributed by atoms with Crippen molar-refractivity contribution in [1.29, 1.82) is 0 Å². The third-order valence-electron chi connectivity index (χ3n) is 2.73. The molecular weight excluding hydrogens is 367 g/mol. The average molecular weight is 379 g/mol. The number of benzene rings is 2. The van der Waals surface area contributed by atoms with Gasteiger partial charge in [0, 0.05) is 5.69 Å². The highest BCUT2D eigenvalue weighted by atomic mass is 35.5. The van der Waals surface area contributed by atoms with Crippen LogP contribution < -0.4 is 9.86 Å². The van der Waals surface area contributed by atoms with Gasteiger partial charge in [-0.2, -0.15) is 0 Å². The molecule has 0 heterocycles. The van der Waals surface area contributed by atoms with Crippen LogP contribution in [0.2, 0.25) is 5.02 Å². The molecule has 124 valence electrons. The van der Waals surface area contributed by atoms with Crippen LogP contribution in [0.3, 0.4) is 0 Å². The predicted molar refractivity (Wildman–Crippen MR) is 85.5 cm³/mol. The molecule has 0 unspecified atom stereocenters. The summed E-state index contributed by atoms with van der Waals surface area (Å²) in [5, 5.41) is 4.81. The lowest BCUT2D eigenvalue weighted by molar-refractivity contribution is 0.595. The fourth-order valence-corrected chi connectivity index (χ4v) is 4.06. The summed E-state index contributed by atoms with van der Waals surface area (Å²) in [6.07, 6.45) is 0. The molecule has 0 bridgehead atoms. The van der Waals surface area contributed by atoms with Crippen molar-refractivity contribution < 1.29 is 21.2 Å². The standard InChI is InChI=1S/C13H12ClFN2O4S2/c14-12-5-4-10(15)7-13(12)23(20,21)17-11-3-1-2-9(6-11)8-22(16,18)19/h1-7,17H,8H2,(H2,16,18,19). The van der Waals surface area contributed by atoms with E-state index in [4.69, 9.17) is 16.7 Å². The normalized spacial score (nSPS) is 12.1. The highest BCUT2D eigenvalue weighted by Gasteiger charge is 2.19. The van der Waals surface area contributed by atoms with Gasteiger partial charge in [0.2, 0.25) is 10.0 Å². The molecule has 10 heteroatoms. The fourth-order valence-electron chi connectivity index (χ4n) is 1.85. The minimum Gasteiger partial charge on any atom is -0.280 e. The van der Waals surface area contributed by atoms with Gasteiger partial charge in [-0.15, -0.1) is 0 Å². The van der Waals surface area contributed by atoms with Crippen LogP contribution in [0, 0.1) is 5.82 Å². The van der Waals surface area contributed by atoms with Crippen molar-refractivity contribution >= 4 is 37.3 Å². The van der Waals surface area contributed by atoms with Crippen LogP contribution in [0.1, 0.15) is 5.56 Å². The quantitative estimate of drug-likeness (QED) is 0.830. The minimum atomic E-state index is -4.13. The zero-order valence-corrected chi connectivity index (χ0v) is 13.9. The van der Waals surface area contributed by atoms with E-state index in [0.29, 0.717) is 5.56 Å². The van der Waals surface area contributed by atoms with Crippen molar-refractivity contribution in [3.63, 3.8) is 0 Å². The minimum absolute atomic E-state index is 0.103. The number of nitrogens with one attached hydrogen (secondary N) is 1. The lowest BCUT2D eigenvalue weighted by atomic mass is 10.2. The highest BCUT2D eigenvalue weighted by molar-refractivity contribution is 7.92. The average Bonchev–Trinajstić information content (AvgIpc) is 2.39.